The van der Waals surface area contributed by atoms with E-state index in [-0.39, 0.29) is 23.0 Å². The zero-order valence-electron chi connectivity index (χ0n) is 16.8. The summed E-state index contributed by atoms with van der Waals surface area (Å²) in [5.41, 5.74) is 1.72. The molecule has 0 saturated heterocycles. The van der Waals surface area contributed by atoms with E-state index >= 15 is 0 Å². The van der Waals surface area contributed by atoms with Crippen LogP contribution < -0.4 is 19.6 Å². The van der Waals surface area contributed by atoms with E-state index in [2.05, 4.69) is 0 Å². The summed E-state index contributed by atoms with van der Waals surface area (Å²) in [5.74, 6) is 1.00. The molecule has 0 unspecified atom stereocenters. The van der Waals surface area contributed by atoms with Crippen molar-refractivity contribution in [1.82, 2.24) is 0 Å². The Hall–Kier alpha value is -4.00. The molecule has 156 valence electrons. The Morgan fingerprint density at radius 2 is 1.81 bits per heavy atom. The third-order valence-corrected chi connectivity index (χ3v) is 5.46. The molecular weight excluding hydrogens is 400 g/mol. The molecule has 31 heavy (non-hydrogen) atoms. The van der Waals surface area contributed by atoms with Gasteiger partial charge in [0.2, 0.25) is 5.43 Å². The van der Waals surface area contributed by atoms with Crippen LogP contribution in [-0.4, -0.2) is 20.2 Å². The molecule has 0 saturated carbocycles. The Morgan fingerprint density at radius 3 is 2.48 bits per heavy atom. The molecule has 1 atom stereocenters. The number of carbonyl (C=O) groups excluding carboxylic acids is 1. The third kappa shape index (κ3) is 3.06. The number of furan rings is 1. The van der Waals surface area contributed by atoms with E-state index in [9.17, 15) is 9.59 Å². The average molecular weight is 418 g/mol. The van der Waals surface area contributed by atoms with Gasteiger partial charge < -0.3 is 23.0 Å². The Morgan fingerprint density at radius 1 is 1.00 bits per heavy atom. The molecule has 0 spiro atoms. The standard InChI is InChI=1S/C24H18O7/c1-27-14-7-5-13(6-8-14)16-12-30-24-21-15(17-4-3-9-29-17)10-20(25)31-19(21)11-18(28-2)22(24)23(16)26/h3-9,11-12,15H,10H2,1-2H3/t15-/m0/s1. The van der Waals surface area contributed by atoms with Gasteiger partial charge in [-0.2, -0.15) is 0 Å². The fourth-order valence-electron chi connectivity index (χ4n) is 3.98. The zero-order chi connectivity index (χ0) is 21.5. The first-order valence-electron chi connectivity index (χ1n) is 9.65. The first-order valence-corrected chi connectivity index (χ1v) is 9.65. The molecule has 0 fully saturated rings. The molecule has 2 aromatic carbocycles. The van der Waals surface area contributed by atoms with E-state index in [0.29, 0.717) is 39.5 Å². The third-order valence-electron chi connectivity index (χ3n) is 5.46. The molecule has 0 N–H and O–H groups in total. The quantitative estimate of drug-likeness (QED) is 0.356. The van der Waals surface area contributed by atoms with Gasteiger partial charge in [-0.05, 0) is 29.8 Å². The molecule has 3 heterocycles. The second-order valence-electron chi connectivity index (χ2n) is 7.15. The van der Waals surface area contributed by atoms with Crippen LogP contribution in [0.3, 0.4) is 0 Å². The second-order valence-corrected chi connectivity index (χ2v) is 7.15. The van der Waals surface area contributed by atoms with Crippen LogP contribution in [0, 0.1) is 0 Å². The highest BCUT2D eigenvalue weighted by molar-refractivity contribution is 5.94. The minimum atomic E-state index is -0.436. The molecule has 0 aliphatic carbocycles. The van der Waals surface area contributed by atoms with Crippen molar-refractivity contribution in [2.45, 2.75) is 12.3 Å². The molecule has 0 radical (unpaired) electrons. The summed E-state index contributed by atoms with van der Waals surface area (Å²) in [5, 5.41) is 0.282. The Kier molecular flexibility index (Phi) is 4.51. The van der Waals surface area contributed by atoms with Gasteiger partial charge in [0, 0.05) is 11.6 Å². The molecule has 0 bridgehead atoms. The molecule has 1 aliphatic heterocycles. The summed E-state index contributed by atoms with van der Waals surface area (Å²) in [6, 6.07) is 12.2. The molecule has 1 aliphatic rings. The predicted molar refractivity (Wildman–Crippen MR) is 112 cm³/mol. The van der Waals surface area contributed by atoms with E-state index in [1.165, 1.54) is 13.4 Å². The van der Waals surface area contributed by atoms with E-state index in [1.807, 2.05) is 0 Å². The fourth-order valence-corrected chi connectivity index (χ4v) is 3.98. The number of hydrogen-bond donors (Lipinski definition) is 0. The van der Waals surface area contributed by atoms with Crippen LogP contribution in [0.1, 0.15) is 23.7 Å². The Labute approximate surface area is 176 Å². The number of hydrogen-bond acceptors (Lipinski definition) is 7. The van der Waals surface area contributed by atoms with Crippen molar-refractivity contribution in [3.63, 3.8) is 0 Å². The van der Waals surface area contributed by atoms with Crippen molar-refractivity contribution in [1.29, 1.82) is 0 Å². The maximum absolute atomic E-state index is 13.5. The molecule has 7 heteroatoms. The summed E-state index contributed by atoms with van der Waals surface area (Å²) in [6.45, 7) is 0. The minimum absolute atomic E-state index is 0.0753. The second kappa shape index (κ2) is 7.36. The highest BCUT2D eigenvalue weighted by Gasteiger charge is 2.35. The SMILES string of the molecule is COc1ccc(-c2coc3c4c(cc(OC)c3c2=O)OC(=O)C[C@H]4c2ccco2)cc1. The van der Waals surface area contributed by atoms with Crippen molar-refractivity contribution in [2.75, 3.05) is 14.2 Å². The molecule has 5 rings (SSSR count). The summed E-state index contributed by atoms with van der Waals surface area (Å²) in [7, 11) is 3.03. The first-order chi connectivity index (χ1) is 15.1. The van der Waals surface area contributed by atoms with Crippen LogP contribution in [0.5, 0.6) is 17.2 Å². The van der Waals surface area contributed by atoms with Crippen molar-refractivity contribution in [2.24, 2.45) is 0 Å². The van der Waals surface area contributed by atoms with E-state index in [0.717, 1.165) is 0 Å². The van der Waals surface area contributed by atoms with Crippen molar-refractivity contribution in [3.8, 4) is 28.4 Å². The molecule has 7 nitrogen and oxygen atoms in total. The Bertz CT molecular complexity index is 1330. The van der Waals surface area contributed by atoms with Crippen LogP contribution in [-0.2, 0) is 4.79 Å². The highest BCUT2D eigenvalue weighted by atomic mass is 16.5. The van der Waals surface area contributed by atoms with Gasteiger partial charge in [0.05, 0.1) is 38.4 Å². The number of fused-ring (bicyclic) bond motifs is 3. The number of rotatable bonds is 4. The lowest BCUT2D eigenvalue weighted by Crippen LogP contribution is -2.22. The Balaban J connectivity index is 1.78. The normalized spacial score (nSPS) is 15.4. The number of carbonyl (C=O) groups is 1. The number of benzene rings is 2. The van der Waals surface area contributed by atoms with Gasteiger partial charge >= 0.3 is 5.97 Å². The first kappa shape index (κ1) is 19.0. The monoisotopic (exact) mass is 418 g/mol. The summed E-state index contributed by atoms with van der Waals surface area (Å²) in [6.07, 6.45) is 3.03. The molecule has 4 aromatic rings. The van der Waals surface area contributed by atoms with Crippen LogP contribution in [0.15, 0.2) is 68.6 Å². The average Bonchev–Trinajstić information content (AvgIpc) is 3.33. The van der Waals surface area contributed by atoms with Gasteiger partial charge in [0.1, 0.15) is 40.2 Å². The van der Waals surface area contributed by atoms with E-state index < -0.39 is 11.9 Å². The van der Waals surface area contributed by atoms with Gasteiger partial charge in [0.25, 0.3) is 0 Å². The summed E-state index contributed by atoms with van der Waals surface area (Å²) in [4.78, 5) is 25.7. The number of methoxy groups -OCH3 is 2. The molecular formula is C24H18O7. The minimum Gasteiger partial charge on any atom is -0.497 e. The smallest absolute Gasteiger partial charge is 0.312 e. The van der Waals surface area contributed by atoms with Gasteiger partial charge in [-0.15, -0.1) is 0 Å². The van der Waals surface area contributed by atoms with Crippen molar-refractivity contribution in [3.05, 3.63) is 76.5 Å². The maximum Gasteiger partial charge on any atom is 0.312 e. The molecule has 0 amide bonds. The van der Waals surface area contributed by atoms with Crippen LogP contribution >= 0.6 is 0 Å². The summed E-state index contributed by atoms with van der Waals surface area (Å²) < 4.78 is 27.7. The van der Waals surface area contributed by atoms with Gasteiger partial charge in [0.15, 0.2) is 0 Å². The summed E-state index contributed by atoms with van der Waals surface area (Å²) >= 11 is 0. The van der Waals surface area contributed by atoms with E-state index in [4.69, 9.17) is 23.0 Å². The lowest BCUT2D eigenvalue weighted by molar-refractivity contribution is -0.135. The predicted octanol–water partition coefficient (Wildman–Crippen LogP) is 4.51. The topological polar surface area (TPSA) is 88.1 Å². The maximum atomic E-state index is 13.5. The lowest BCUT2D eigenvalue weighted by atomic mass is 9.88. The zero-order valence-corrected chi connectivity index (χ0v) is 16.8. The van der Waals surface area contributed by atoms with Crippen LogP contribution in [0.25, 0.3) is 22.1 Å². The molecule has 2 aromatic heterocycles. The highest BCUT2D eigenvalue weighted by Crippen LogP contribution is 2.45. The van der Waals surface area contributed by atoms with Crippen molar-refractivity contribution >= 4 is 16.9 Å². The van der Waals surface area contributed by atoms with Crippen molar-refractivity contribution < 1.29 is 27.8 Å². The van der Waals surface area contributed by atoms with Crippen LogP contribution in [0.2, 0.25) is 0 Å². The van der Waals surface area contributed by atoms with Gasteiger partial charge in [-0.25, -0.2) is 0 Å². The number of ether oxygens (including phenoxy) is 3. The van der Waals surface area contributed by atoms with Crippen LogP contribution in [0.4, 0.5) is 0 Å². The number of esters is 1. The van der Waals surface area contributed by atoms with Gasteiger partial charge in [-0.3, -0.25) is 9.59 Å². The largest absolute Gasteiger partial charge is 0.497 e. The van der Waals surface area contributed by atoms with E-state index in [1.54, 1.807) is 55.8 Å². The lowest BCUT2D eigenvalue weighted by Gasteiger charge is -2.24. The fraction of sp³-hybridized carbons (Fsp3) is 0.167. The van der Waals surface area contributed by atoms with Gasteiger partial charge in [-0.1, -0.05) is 12.1 Å².